The molecule has 0 radical (unpaired) electrons. The molecule has 4 aromatic rings. The number of fused-ring (bicyclic) bond motifs is 1. The van der Waals surface area contributed by atoms with Crippen molar-refractivity contribution in [3.63, 3.8) is 0 Å². The molecule has 0 aliphatic heterocycles. The molecule has 0 atom stereocenters. The molecule has 0 saturated carbocycles. The third-order valence-electron chi connectivity index (χ3n) is 8.29. The maximum absolute atomic E-state index is 13.0. The first-order valence-electron chi connectivity index (χ1n) is 18.1. The van der Waals surface area contributed by atoms with Crippen molar-refractivity contribution in [2.24, 2.45) is 0 Å². The largest absolute Gasteiger partial charge is 0.494 e. The molecule has 0 aliphatic carbocycles. The Labute approximate surface area is 311 Å². The van der Waals surface area contributed by atoms with Crippen molar-refractivity contribution < 1.29 is 42.9 Å². The molecule has 9 nitrogen and oxygen atoms in total. The monoisotopic (exact) mass is 720 g/mol. The van der Waals surface area contributed by atoms with Gasteiger partial charge in [0, 0.05) is 11.6 Å². The SMILES string of the molecule is C=C(C)C(=O)OCCCCCCCCOc1ccc2cc(C(=O)Oc3ccc(C(=O)Oc4ccc(/C=C/C(=O)OCCCC)cc4C)cc3)ccc2c1. The minimum atomic E-state index is -0.556. The Morgan fingerprint density at radius 1 is 0.642 bits per heavy atom. The Bertz CT molecular complexity index is 1910. The second-order valence-corrected chi connectivity index (χ2v) is 12.8. The standard InChI is InChI=1S/C44H48O9/c1-5-6-25-50-41(45)24-14-33-13-23-40(32(4)28-33)53-43(47)34-17-20-38(21-18-34)52-44(48)37-16-15-36-30-39(22-19-35(36)29-37)49-26-11-9-7-8-10-12-27-51-42(46)31(2)3/h13-24,28-30H,2,5-12,25-27H2,1,3-4H3/b24-14+. The van der Waals surface area contributed by atoms with Crippen LogP contribution in [0.5, 0.6) is 17.2 Å². The fourth-order valence-electron chi connectivity index (χ4n) is 5.23. The molecule has 0 N–H and O–H groups in total. The lowest BCUT2D eigenvalue weighted by atomic mass is 10.1. The highest BCUT2D eigenvalue weighted by Crippen LogP contribution is 2.25. The highest BCUT2D eigenvalue weighted by molar-refractivity contribution is 5.97. The van der Waals surface area contributed by atoms with Gasteiger partial charge in [0.15, 0.2) is 0 Å². The third kappa shape index (κ3) is 13.4. The lowest BCUT2D eigenvalue weighted by molar-refractivity contribution is -0.139. The molecular weight excluding hydrogens is 672 g/mol. The zero-order chi connectivity index (χ0) is 38.0. The second kappa shape index (κ2) is 21.0. The van der Waals surface area contributed by atoms with E-state index in [1.54, 1.807) is 49.4 Å². The first kappa shape index (κ1) is 40.1. The summed E-state index contributed by atoms with van der Waals surface area (Å²) in [6.45, 7) is 10.5. The summed E-state index contributed by atoms with van der Waals surface area (Å²) in [5.41, 5.74) is 2.61. The van der Waals surface area contributed by atoms with Crippen molar-refractivity contribution in [2.75, 3.05) is 19.8 Å². The molecule has 0 aliphatic rings. The summed E-state index contributed by atoms with van der Waals surface area (Å²) >= 11 is 0. The molecule has 0 heterocycles. The summed E-state index contributed by atoms with van der Waals surface area (Å²) in [6, 6.07) is 22.5. The van der Waals surface area contributed by atoms with Gasteiger partial charge in [0.25, 0.3) is 0 Å². The lowest BCUT2D eigenvalue weighted by Crippen LogP contribution is -2.10. The number of unbranched alkanes of at least 4 members (excludes halogenated alkanes) is 6. The molecule has 0 bridgehead atoms. The number of carbonyl (C=O) groups excluding carboxylic acids is 4. The molecule has 0 aromatic heterocycles. The van der Waals surface area contributed by atoms with Gasteiger partial charge in [-0.05, 0) is 122 Å². The van der Waals surface area contributed by atoms with Crippen LogP contribution in [-0.4, -0.2) is 43.7 Å². The minimum Gasteiger partial charge on any atom is -0.494 e. The van der Waals surface area contributed by atoms with E-state index in [0.29, 0.717) is 48.0 Å². The summed E-state index contributed by atoms with van der Waals surface area (Å²) < 4.78 is 27.4. The number of carbonyl (C=O) groups is 4. The highest BCUT2D eigenvalue weighted by atomic mass is 16.5. The van der Waals surface area contributed by atoms with E-state index in [1.807, 2.05) is 44.2 Å². The van der Waals surface area contributed by atoms with E-state index >= 15 is 0 Å². The molecule has 9 heteroatoms. The summed E-state index contributed by atoms with van der Waals surface area (Å²) in [5, 5.41) is 1.82. The van der Waals surface area contributed by atoms with Crippen LogP contribution in [0, 0.1) is 6.92 Å². The average Bonchev–Trinajstić information content (AvgIpc) is 3.15. The van der Waals surface area contributed by atoms with Crippen LogP contribution in [0.25, 0.3) is 16.8 Å². The molecular formula is C44H48O9. The van der Waals surface area contributed by atoms with Crippen LogP contribution in [0.1, 0.15) is 97.1 Å². The van der Waals surface area contributed by atoms with E-state index in [2.05, 4.69) is 6.58 Å². The number of aryl methyl sites for hydroxylation is 1. The average molecular weight is 721 g/mol. The van der Waals surface area contributed by atoms with Gasteiger partial charge in [-0.3, -0.25) is 0 Å². The number of rotatable bonds is 20. The number of ether oxygens (including phenoxy) is 5. The van der Waals surface area contributed by atoms with Crippen LogP contribution in [0.15, 0.2) is 97.1 Å². The number of esters is 4. The van der Waals surface area contributed by atoms with E-state index in [4.69, 9.17) is 23.7 Å². The van der Waals surface area contributed by atoms with Crippen molar-refractivity contribution in [3.05, 3.63) is 119 Å². The normalized spacial score (nSPS) is 10.9. The topological polar surface area (TPSA) is 114 Å². The lowest BCUT2D eigenvalue weighted by Gasteiger charge is -2.10. The van der Waals surface area contributed by atoms with Crippen LogP contribution in [-0.2, 0) is 19.1 Å². The van der Waals surface area contributed by atoms with Crippen LogP contribution in [0.2, 0.25) is 0 Å². The van der Waals surface area contributed by atoms with E-state index in [0.717, 1.165) is 79.0 Å². The molecule has 53 heavy (non-hydrogen) atoms. The van der Waals surface area contributed by atoms with E-state index < -0.39 is 17.9 Å². The molecule has 0 fully saturated rings. The first-order valence-corrected chi connectivity index (χ1v) is 18.1. The van der Waals surface area contributed by atoms with Gasteiger partial charge in [0.2, 0.25) is 0 Å². The summed E-state index contributed by atoms with van der Waals surface area (Å²) in [4.78, 5) is 49.0. The molecule has 0 unspecified atom stereocenters. The smallest absolute Gasteiger partial charge is 0.343 e. The van der Waals surface area contributed by atoms with Crippen molar-refractivity contribution in [1.29, 1.82) is 0 Å². The van der Waals surface area contributed by atoms with Gasteiger partial charge in [-0.2, -0.15) is 0 Å². The van der Waals surface area contributed by atoms with Crippen LogP contribution >= 0.6 is 0 Å². The van der Waals surface area contributed by atoms with Gasteiger partial charge in [0.05, 0.1) is 30.9 Å². The van der Waals surface area contributed by atoms with Gasteiger partial charge in [-0.1, -0.05) is 63.8 Å². The second-order valence-electron chi connectivity index (χ2n) is 12.8. The summed E-state index contributed by atoms with van der Waals surface area (Å²) in [6.07, 6.45) is 10.9. The van der Waals surface area contributed by atoms with Crippen LogP contribution < -0.4 is 14.2 Å². The molecule has 0 spiro atoms. The maximum Gasteiger partial charge on any atom is 0.343 e. The van der Waals surface area contributed by atoms with E-state index in [9.17, 15) is 19.2 Å². The van der Waals surface area contributed by atoms with Gasteiger partial charge in [-0.25, -0.2) is 19.2 Å². The maximum atomic E-state index is 13.0. The molecule has 4 aromatic carbocycles. The quantitative estimate of drug-likeness (QED) is 0.0381. The Morgan fingerprint density at radius 2 is 1.26 bits per heavy atom. The summed E-state index contributed by atoms with van der Waals surface area (Å²) in [7, 11) is 0. The van der Waals surface area contributed by atoms with Gasteiger partial charge < -0.3 is 23.7 Å². The van der Waals surface area contributed by atoms with Gasteiger partial charge in [-0.15, -0.1) is 0 Å². The first-order chi connectivity index (χ1) is 25.6. The van der Waals surface area contributed by atoms with E-state index in [1.165, 1.54) is 18.2 Å². The fourth-order valence-corrected chi connectivity index (χ4v) is 5.23. The zero-order valence-electron chi connectivity index (χ0n) is 30.8. The number of hydrogen-bond acceptors (Lipinski definition) is 9. The Kier molecular flexibility index (Phi) is 15.9. The predicted octanol–water partition coefficient (Wildman–Crippen LogP) is 9.78. The van der Waals surface area contributed by atoms with Crippen molar-refractivity contribution in [2.45, 2.75) is 72.1 Å². The zero-order valence-corrected chi connectivity index (χ0v) is 30.8. The van der Waals surface area contributed by atoms with Crippen molar-refractivity contribution in [1.82, 2.24) is 0 Å². The summed E-state index contributed by atoms with van der Waals surface area (Å²) in [5.74, 6) is -0.350. The Morgan fingerprint density at radius 3 is 1.98 bits per heavy atom. The Hall–Kier alpha value is -5.70. The number of benzene rings is 4. The van der Waals surface area contributed by atoms with Gasteiger partial charge >= 0.3 is 23.9 Å². The van der Waals surface area contributed by atoms with E-state index in [-0.39, 0.29) is 5.97 Å². The predicted molar refractivity (Wildman–Crippen MR) is 205 cm³/mol. The fraction of sp³-hybridized carbons (Fsp3) is 0.318. The van der Waals surface area contributed by atoms with Crippen molar-refractivity contribution in [3.8, 4) is 17.2 Å². The molecule has 4 rings (SSSR count). The molecule has 0 saturated heterocycles. The molecule has 0 amide bonds. The highest BCUT2D eigenvalue weighted by Gasteiger charge is 2.14. The minimum absolute atomic E-state index is 0.292. The molecule has 278 valence electrons. The Balaban J connectivity index is 1.19. The van der Waals surface area contributed by atoms with Gasteiger partial charge in [0.1, 0.15) is 17.2 Å². The third-order valence-corrected chi connectivity index (χ3v) is 8.29. The van der Waals surface area contributed by atoms with Crippen molar-refractivity contribution >= 4 is 40.7 Å². The number of hydrogen-bond donors (Lipinski definition) is 0. The van der Waals surface area contributed by atoms with Crippen LogP contribution in [0.3, 0.4) is 0 Å². The van der Waals surface area contributed by atoms with Crippen LogP contribution in [0.4, 0.5) is 0 Å².